The van der Waals surface area contributed by atoms with E-state index < -0.39 is 15.9 Å². The van der Waals surface area contributed by atoms with Gasteiger partial charge in [0.25, 0.3) is 0 Å². The molecule has 0 radical (unpaired) electrons. The van der Waals surface area contributed by atoms with Crippen molar-refractivity contribution < 1.29 is 17.9 Å². The summed E-state index contributed by atoms with van der Waals surface area (Å²) in [5.74, 6) is -0.372. The highest BCUT2D eigenvalue weighted by atomic mass is 32.2. The van der Waals surface area contributed by atoms with Crippen LogP contribution >= 0.6 is 0 Å². The Morgan fingerprint density at radius 1 is 1.16 bits per heavy atom. The third-order valence-electron chi connectivity index (χ3n) is 4.97. The molecule has 1 saturated carbocycles. The minimum absolute atomic E-state index is 0.173. The summed E-state index contributed by atoms with van der Waals surface area (Å²) >= 11 is 0. The summed E-state index contributed by atoms with van der Waals surface area (Å²) in [5.41, 5.74) is 0. The van der Waals surface area contributed by atoms with E-state index in [4.69, 9.17) is 4.74 Å². The lowest BCUT2D eigenvalue weighted by atomic mass is 10.2. The van der Waals surface area contributed by atoms with Crippen LogP contribution in [-0.2, 0) is 19.4 Å². The molecule has 2 aliphatic rings. The van der Waals surface area contributed by atoms with E-state index in [1.807, 2.05) is 4.90 Å². The van der Waals surface area contributed by atoms with E-state index in [-0.39, 0.29) is 22.6 Å². The Morgan fingerprint density at radius 2 is 1.80 bits per heavy atom. The number of benzene rings is 1. The first kappa shape index (κ1) is 18.4. The molecular formula is C18H26N2O4S. The highest BCUT2D eigenvalue weighted by molar-refractivity contribution is 7.91. The van der Waals surface area contributed by atoms with Gasteiger partial charge in [-0.1, -0.05) is 31.0 Å². The molecule has 1 unspecified atom stereocenters. The first-order chi connectivity index (χ1) is 12.1. The Morgan fingerprint density at radius 3 is 2.44 bits per heavy atom. The van der Waals surface area contributed by atoms with E-state index in [9.17, 15) is 13.2 Å². The average molecular weight is 366 g/mol. The summed E-state index contributed by atoms with van der Waals surface area (Å²) in [6, 6.07) is 7.86. The molecule has 1 amide bonds. The topological polar surface area (TPSA) is 75.7 Å². The Bertz CT molecular complexity index is 666. The number of nitrogens with zero attached hydrogens (tertiary/aromatic N) is 1. The van der Waals surface area contributed by atoms with E-state index in [1.54, 1.807) is 30.3 Å². The van der Waals surface area contributed by atoms with E-state index >= 15 is 0 Å². The largest absolute Gasteiger partial charge is 0.379 e. The molecular weight excluding hydrogens is 340 g/mol. The Kier molecular flexibility index (Phi) is 6.09. The third-order valence-corrected chi connectivity index (χ3v) is 6.72. The van der Waals surface area contributed by atoms with Crippen molar-refractivity contribution >= 4 is 15.7 Å². The second-order valence-electron chi connectivity index (χ2n) is 6.75. The molecule has 0 spiro atoms. The lowest BCUT2D eigenvalue weighted by molar-refractivity contribution is -0.128. The maximum atomic E-state index is 12.8. The summed E-state index contributed by atoms with van der Waals surface area (Å²) in [6.07, 6.45) is 4.20. The smallest absolute Gasteiger partial charge is 0.238 e. The molecule has 1 atom stereocenters. The predicted molar refractivity (Wildman–Crippen MR) is 95.1 cm³/mol. The van der Waals surface area contributed by atoms with Gasteiger partial charge in [0, 0.05) is 19.1 Å². The molecule has 7 heteroatoms. The van der Waals surface area contributed by atoms with Crippen molar-refractivity contribution in [2.45, 2.75) is 42.7 Å². The predicted octanol–water partition coefficient (Wildman–Crippen LogP) is 1.22. The zero-order chi connectivity index (χ0) is 17.7. The second kappa shape index (κ2) is 8.29. The van der Waals surface area contributed by atoms with Gasteiger partial charge < -0.3 is 10.1 Å². The standard InChI is InChI=1S/C18H26N2O4S/c21-18(19-15-6-4-5-7-15)17(20-10-12-24-13-11-20)14-25(22,23)16-8-2-1-3-9-16/h1-3,8-9,15,17H,4-7,10-14H2,(H,19,21). The van der Waals surface area contributed by atoms with Gasteiger partial charge in [-0.25, -0.2) is 8.42 Å². The Hall–Kier alpha value is -1.44. The quantitative estimate of drug-likeness (QED) is 0.819. The van der Waals surface area contributed by atoms with Crippen molar-refractivity contribution in [3.8, 4) is 0 Å². The minimum Gasteiger partial charge on any atom is -0.379 e. The van der Waals surface area contributed by atoms with Crippen LogP contribution in [0.5, 0.6) is 0 Å². The van der Waals surface area contributed by atoms with Crippen molar-refractivity contribution in [2.24, 2.45) is 0 Å². The number of amides is 1. The normalized spacial score (nSPS) is 21.1. The van der Waals surface area contributed by atoms with Crippen LogP contribution in [0.2, 0.25) is 0 Å². The number of morpholine rings is 1. The molecule has 1 aromatic rings. The summed E-state index contributed by atoms with van der Waals surface area (Å²) in [6.45, 7) is 2.21. The van der Waals surface area contributed by atoms with E-state index in [1.165, 1.54) is 0 Å². The fourth-order valence-corrected chi connectivity index (χ4v) is 5.08. The van der Waals surface area contributed by atoms with Crippen molar-refractivity contribution in [2.75, 3.05) is 32.1 Å². The average Bonchev–Trinajstić information content (AvgIpc) is 3.14. The number of hydrogen-bond donors (Lipinski definition) is 1. The number of nitrogens with one attached hydrogen (secondary N) is 1. The number of rotatable bonds is 6. The SMILES string of the molecule is O=C(NC1CCCC1)C(CS(=O)(=O)c1ccccc1)N1CCOCC1. The molecule has 138 valence electrons. The molecule has 1 N–H and O–H groups in total. The van der Waals surface area contributed by atoms with Gasteiger partial charge in [-0.3, -0.25) is 9.69 Å². The number of carbonyl (C=O) groups excluding carboxylic acids is 1. The lowest BCUT2D eigenvalue weighted by Crippen LogP contribution is -2.55. The highest BCUT2D eigenvalue weighted by Gasteiger charge is 2.34. The van der Waals surface area contributed by atoms with Gasteiger partial charge in [-0.2, -0.15) is 0 Å². The number of carbonyl (C=O) groups is 1. The zero-order valence-corrected chi connectivity index (χ0v) is 15.2. The molecule has 1 saturated heterocycles. The second-order valence-corrected chi connectivity index (χ2v) is 8.78. The molecule has 1 aromatic carbocycles. The highest BCUT2D eigenvalue weighted by Crippen LogP contribution is 2.19. The van der Waals surface area contributed by atoms with Crippen molar-refractivity contribution in [1.82, 2.24) is 10.2 Å². The van der Waals surface area contributed by atoms with Crippen LogP contribution in [0.1, 0.15) is 25.7 Å². The van der Waals surface area contributed by atoms with E-state index in [0.717, 1.165) is 25.7 Å². The monoisotopic (exact) mass is 366 g/mol. The molecule has 6 nitrogen and oxygen atoms in total. The van der Waals surface area contributed by atoms with E-state index in [0.29, 0.717) is 26.3 Å². The number of ether oxygens (including phenoxy) is 1. The van der Waals surface area contributed by atoms with Crippen LogP contribution in [0, 0.1) is 0 Å². The van der Waals surface area contributed by atoms with Gasteiger partial charge in [0.15, 0.2) is 9.84 Å². The maximum Gasteiger partial charge on any atom is 0.238 e. The van der Waals surface area contributed by atoms with Crippen molar-refractivity contribution in [3.05, 3.63) is 30.3 Å². The summed E-state index contributed by atoms with van der Waals surface area (Å²) in [7, 11) is -3.53. The first-order valence-electron chi connectivity index (χ1n) is 8.96. The van der Waals surface area contributed by atoms with Crippen LogP contribution in [0.15, 0.2) is 35.2 Å². The molecule has 1 aliphatic heterocycles. The third kappa shape index (κ3) is 4.80. The summed E-state index contributed by atoms with van der Waals surface area (Å²) < 4.78 is 30.9. The molecule has 2 fully saturated rings. The van der Waals surface area contributed by atoms with Gasteiger partial charge in [-0.15, -0.1) is 0 Å². The molecule has 0 aromatic heterocycles. The van der Waals surface area contributed by atoms with Gasteiger partial charge >= 0.3 is 0 Å². The minimum atomic E-state index is -3.53. The first-order valence-corrected chi connectivity index (χ1v) is 10.6. The van der Waals surface area contributed by atoms with Crippen molar-refractivity contribution in [3.63, 3.8) is 0 Å². The fourth-order valence-electron chi connectivity index (χ4n) is 3.54. The maximum absolute atomic E-state index is 12.8. The Balaban J connectivity index is 1.76. The van der Waals surface area contributed by atoms with Crippen LogP contribution in [0.3, 0.4) is 0 Å². The van der Waals surface area contributed by atoms with Gasteiger partial charge in [0.1, 0.15) is 6.04 Å². The molecule has 1 heterocycles. The van der Waals surface area contributed by atoms with Crippen LogP contribution in [0.4, 0.5) is 0 Å². The van der Waals surface area contributed by atoms with Crippen LogP contribution in [-0.4, -0.2) is 63.4 Å². The number of hydrogen-bond acceptors (Lipinski definition) is 5. The number of sulfone groups is 1. The van der Waals surface area contributed by atoms with Crippen molar-refractivity contribution in [1.29, 1.82) is 0 Å². The van der Waals surface area contributed by atoms with Gasteiger partial charge in [0.2, 0.25) is 5.91 Å². The summed E-state index contributed by atoms with van der Waals surface area (Å²) in [4.78, 5) is 15.1. The molecule has 1 aliphatic carbocycles. The molecule has 0 bridgehead atoms. The van der Waals surface area contributed by atoms with E-state index in [2.05, 4.69) is 5.32 Å². The van der Waals surface area contributed by atoms with Gasteiger partial charge in [0.05, 0.1) is 23.9 Å². The Labute approximate surface area is 149 Å². The lowest BCUT2D eigenvalue weighted by Gasteiger charge is -2.34. The summed E-state index contributed by atoms with van der Waals surface area (Å²) in [5, 5.41) is 3.06. The van der Waals surface area contributed by atoms with Crippen LogP contribution in [0.25, 0.3) is 0 Å². The van der Waals surface area contributed by atoms with Gasteiger partial charge in [-0.05, 0) is 25.0 Å². The molecule has 25 heavy (non-hydrogen) atoms. The zero-order valence-electron chi connectivity index (χ0n) is 14.4. The fraction of sp³-hybridized carbons (Fsp3) is 0.611. The van der Waals surface area contributed by atoms with Crippen LogP contribution < -0.4 is 5.32 Å². The molecule has 3 rings (SSSR count).